The second-order valence-corrected chi connectivity index (χ2v) is 4.84. The zero-order valence-corrected chi connectivity index (χ0v) is 11.2. The Hall–Kier alpha value is -1.27. The molecule has 2 rings (SSSR count). The normalized spacial score (nSPS) is 17.1. The molecule has 6 heteroatoms. The minimum absolute atomic E-state index is 0.240. The van der Waals surface area contributed by atoms with Crippen molar-refractivity contribution >= 4 is 5.69 Å². The van der Waals surface area contributed by atoms with Gasteiger partial charge in [0.05, 0.1) is 12.2 Å². The van der Waals surface area contributed by atoms with Crippen molar-refractivity contribution < 1.29 is 17.9 Å². The third-order valence-electron chi connectivity index (χ3n) is 3.36. The Morgan fingerprint density at radius 3 is 2.70 bits per heavy atom. The fraction of sp³-hybridized carbons (Fsp3) is 0.571. The molecule has 0 radical (unpaired) electrons. The lowest BCUT2D eigenvalue weighted by Crippen LogP contribution is -2.28. The van der Waals surface area contributed by atoms with Crippen molar-refractivity contribution in [3.8, 4) is 0 Å². The molecule has 112 valence electrons. The standard InChI is InChI=1S/C14H19F3N2O/c15-14(16,17)12-10-11(4-5-18)2-3-13(12)19-6-1-8-20-9-7-19/h2-3,10H,1,4-9,18H2. The highest BCUT2D eigenvalue weighted by molar-refractivity contribution is 5.56. The second kappa shape index (κ2) is 6.45. The molecule has 1 aliphatic heterocycles. The highest BCUT2D eigenvalue weighted by atomic mass is 19.4. The first-order valence-electron chi connectivity index (χ1n) is 6.75. The van der Waals surface area contributed by atoms with Crippen molar-refractivity contribution in [3.05, 3.63) is 29.3 Å². The van der Waals surface area contributed by atoms with Gasteiger partial charge >= 0.3 is 6.18 Å². The zero-order chi connectivity index (χ0) is 14.6. The van der Waals surface area contributed by atoms with Crippen molar-refractivity contribution in [1.29, 1.82) is 0 Å². The summed E-state index contributed by atoms with van der Waals surface area (Å²) in [5.41, 5.74) is 5.69. The molecule has 0 spiro atoms. The molecule has 2 N–H and O–H groups in total. The van der Waals surface area contributed by atoms with Gasteiger partial charge in [-0.2, -0.15) is 13.2 Å². The van der Waals surface area contributed by atoms with E-state index in [0.29, 0.717) is 44.8 Å². The van der Waals surface area contributed by atoms with Crippen LogP contribution in [0.15, 0.2) is 18.2 Å². The Labute approximate surface area is 116 Å². The van der Waals surface area contributed by atoms with Gasteiger partial charge in [0.1, 0.15) is 0 Å². The van der Waals surface area contributed by atoms with Crippen LogP contribution in [0, 0.1) is 0 Å². The molecule has 1 fully saturated rings. The van der Waals surface area contributed by atoms with Crippen LogP contribution in [-0.2, 0) is 17.3 Å². The Balaban J connectivity index is 2.35. The van der Waals surface area contributed by atoms with Crippen LogP contribution in [0.4, 0.5) is 18.9 Å². The topological polar surface area (TPSA) is 38.5 Å². The number of anilines is 1. The maximum Gasteiger partial charge on any atom is 0.418 e. The molecule has 0 saturated carbocycles. The number of benzene rings is 1. The Kier molecular flexibility index (Phi) is 4.88. The number of hydrogen-bond donors (Lipinski definition) is 1. The predicted molar refractivity (Wildman–Crippen MR) is 71.9 cm³/mol. The summed E-state index contributed by atoms with van der Waals surface area (Å²) in [5.74, 6) is 0. The summed E-state index contributed by atoms with van der Waals surface area (Å²) in [6.07, 6.45) is -3.17. The molecule has 1 aromatic carbocycles. The number of halogens is 3. The molecule has 20 heavy (non-hydrogen) atoms. The van der Waals surface area contributed by atoms with Gasteiger partial charge in [-0.25, -0.2) is 0 Å². The van der Waals surface area contributed by atoms with Gasteiger partial charge in [0.25, 0.3) is 0 Å². The van der Waals surface area contributed by atoms with Gasteiger partial charge in [-0.1, -0.05) is 6.07 Å². The van der Waals surface area contributed by atoms with Crippen molar-refractivity contribution in [2.24, 2.45) is 5.73 Å². The summed E-state index contributed by atoms with van der Waals surface area (Å²) in [6.45, 7) is 2.47. The van der Waals surface area contributed by atoms with Crippen LogP contribution in [0.3, 0.4) is 0 Å². The quantitative estimate of drug-likeness (QED) is 0.928. The molecule has 0 atom stereocenters. The zero-order valence-electron chi connectivity index (χ0n) is 11.2. The average Bonchev–Trinajstić information content (AvgIpc) is 2.67. The van der Waals surface area contributed by atoms with Gasteiger partial charge in [0.15, 0.2) is 0 Å². The van der Waals surface area contributed by atoms with Crippen LogP contribution in [0.1, 0.15) is 17.5 Å². The van der Waals surface area contributed by atoms with E-state index in [9.17, 15) is 13.2 Å². The lowest BCUT2D eigenvalue weighted by molar-refractivity contribution is -0.137. The minimum atomic E-state index is -4.35. The van der Waals surface area contributed by atoms with Crippen LogP contribution < -0.4 is 10.6 Å². The molecule has 1 heterocycles. The molecule has 0 amide bonds. The van der Waals surface area contributed by atoms with Gasteiger partial charge < -0.3 is 15.4 Å². The first-order valence-corrected chi connectivity index (χ1v) is 6.75. The largest absolute Gasteiger partial charge is 0.418 e. The fourth-order valence-electron chi connectivity index (χ4n) is 2.40. The molecular formula is C14H19F3N2O. The number of alkyl halides is 3. The third kappa shape index (κ3) is 3.64. The van der Waals surface area contributed by atoms with Gasteiger partial charge in [-0.15, -0.1) is 0 Å². The Morgan fingerprint density at radius 2 is 2.00 bits per heavy atom. The molecule has 0 bridgehead atoms. The summed E-state index contributed by atoms with van der Waals surface area (Å²) < 4.78 is 45.0. The molecule has 1 aliphatic rings. The number of ether oxygens (including phenoxy) is 1. The summed E-state index contributed by atoms with van der Waals surface area (Å²) in [4.78, 5) is 1.75. The summed E-state index contributed by atoms with van der Waals surface area (Å²) in [6, 6.07) is 4.50. The summed E-state index contributed by atoms with van der Waals surface area (Å²) in [7, 11) is 0. The van der Waals surface area contributed by atoms with E-state index in [4.69, 9.17) is 10.5 Å². The highest BCUT2D eigenvalue weighted by Crippen LogP contribution is 2.37. The SMILES string of the molecule is NCCc1ccc(N2CCCOCC2)c(C(F)(F)F)c1. The van der Waals surface area contributed by atoms with Gasteiger partial charge in [0, 0.05) is 25.4 Å². The van der Waals surface area contributed by atoms with Crippen molar-refractivity contribution in [1.82, 2.24) is 0 Å². The van der Waals surface area contributed by atoms with E-state index in [1.807, 2.05) is 0 Å². The van der Waals surface area contributed by atoms with Crippen LogP contribution in [0.25, 0.3) is 0 Å². The third-order valence-corrected chi connectivity index (χ3v) is 3.36. The Bertz CT molecular complexity index is 441. The van der Waals surface area contributed by atoms with Crippen LogP contribution in [0.5, 0.6) is 0 Å². The lowest BCUT2D eigenvalue weighted by atomic mass is 10.0. The van der Waals surface area contributed by atoms with Crippen LogP contribution in [0.2, 0.25) is 0 Å². The van der Waals surface area contributed by atoms with Crippen LogP contribution in [-0.4, -0.2) is 32.8 Å². The van der Waals surface area contributed by atoms with Crippen molar-refractivity contribution in [3.63, 3.8) is 0 Å². The molecule has 0 aromatic heterocycles. The smallest absolute Gasteiger partial charge is 0.380 e. The summed E-state index contributed by atoms with van der Waals surface area (Å²) in [5, 5.41) is 0. The number of nitrogens with two attached hydrogens (primary N) is 1. The van der Waals surface area contributed by atoms with Crippen molar-refractivity contribution in [2.45, 2.75) is 19.0 Å². The number of hydrogen-bond acceptors (Lipinski definition) is 3. The molecule has 0 aliphatic carbocycles. The molecule has 0 unspecified atom stereocenters. The maximum absolute atomic E-state index is 13.2. The number of rotatable bonds is 3. The van der Waals surface area contributed by atoms with E-state index in [2.05, 4.69) is 0 Å². The van der Waals surface area contributed by atoms with Gasteiger partial charge in [-0.3, -0.25) is 0 Å². The van der Waals surface area contributed by atoms with E-state index >= 15 is 0 Å². The lowest BCUT2D eigenvalue weighted by Gasteiger charge is -2.26. The van der Waals surface area contributed by atoms with E-state index in [0.717, 1.165) is 6.42 Å². The van der Waals surface area contributed by atoms with Gasteiger partial charge in [-0.05, 0) is 37.1 Å². The van der Waals surface area contributed by atoms with Gasteiger partial charge in [0.2, 0.25) is 0 Å². The number of nitrogens with zero attached hydrogens (tertiary/aromatic N) is 1. The van der Waals surface area contributed by atoms with Crippen LogP contribution >= 0.6 is 0 Å². The van der Waals surface area contributed by atoms with E-state index < -0.39 is 11.7 Å². The second-order valence-electron chi connectivity index (χ2n) is 4.84. The molecule has 3 nitrogen and oxygen atoms in total. The first kappa shape index (κ1) is 15.1. The van der Waals surface area contributed by atoms with Crippen molar-refractivity contribution in [2.75, 3.05) is 37.7 Å². The minimum Gasteiger partial charge on any atom is -0.380 e. The molecule has 1 saturated heterocycles. The van der Waals surface area contributed by atoms with E-state index in [1.165, 1.54) is 6.07 Å². The van der Waals surface area contributed by atoms with E-state index in [-0.39, 0.29) is 5.69 Å². The molecule has 1 aromatic rings. The Morgan fingerprint density at radius 1 is 1.20 bits per heavy atom. The average molecular weight is 288 g/mol. The monoisotopic (exact) mass is 288 g/mol. The first-order chi connectivity index (χ1) is 9.52. The molecular weight excluding hydrogens is 269 g/mol. The fourth-order valence-corrected chi connectivity index (χ4v) is 2.40. The maximum atomic E-state index is 13.2. The predicted octanol–water partition coefficient (Wildman–Crippen LogP) is 2.43. The highest BCUT2D eigenvalue weighted by Gasteiger charge is 2.35. The summed E-state index contributed by atoms with van der Waals surface area (Å²) >= 11 is 0. The van der Waals surface area contributed by atoms with E-state index in [1.54, 1.807) is 17.0 Å².